The lowest BCUT2D eigenvalue weighted by atomic mass is 10.1. The van der Waals surface area contributed by atoms with Gasteiger partial charge in [-0.1, -0.05) is 13.3 Å². The first-order valence-electron chi connectivity index (χ1n) is 6.41. The van der Waals surface area contributed by atoms with E-state index in [0.29, 0.717) is 18.2 Å². The average Bonchev–Trinajstić information content (AvgIpc) is 2.56. The predicted octanol–water partition coefficient (Wildman–Crippen LogP) is 1.37. The number of ether oxygens (including phenoxy) is 1. The molecule has 0 saturated carbocycles. The Morgan fingerprint density at radius 2 is 1.93 bits per heavy atom. The first-order chi connectivity index (χ1) is 7.28. The van der Waals surface area contributed by atoms with Crippen LogP contribution in [0.1, 0.15) is 39.0 Å². The number of morpholine rings is 1. The van der Waals surface area contributed by atoms with Gasteiger partial charge in [0, 0.05) is 19.1 Å². The van der Waals surface area contributed by atoms with Gasteiger partial charge >= 0.3 is 0 Å². The summed E-state index contributed by atoms with van der Waals surface area (Å²) in [5, 5.41) is 0. The number of rotatable bonds is 5. The van der Waals surface area contributed by atoms with Crippen molar-refractivity contribution in [3.63, 3.8) is 0 Å². The molecule has 2 rings (SSSR count). The van der Waals surface area contributed by atoms with E-state index in [4.69, 9.17) is 10.5 Å². The van der Waals surface area contributed by atoms with Gasteiger partial charge in [-0.3, -0.25) is 4.90 Å². The van der Waals surface area contributed by atoms with Crippen LogP contribution in [-0.2, 0) is 4.74 Å². The summed E-state index contributed by atoms with van der Waals surface area (Å²) in [6.07, 6.45) is 7.09. The highest BCUT2D eigenvalue weighted by Gasteiger charge is 2.33. The molecule has 3 heteroatoms. The van der Waals surface area contributed by atoms with Crippen molar-refractivity contribution in [3.8, 4) is 0 Å². The van der Waals surface area contributed by atoms with Crippen molar-refractivity contribution in [1.29, 1.82) is 0 Å². The summed E-state index contributed by atoms with van der Waals surface area (Å²) in [6, 6.07) is 0.399. The molecule has 0 aromatic heterocycles. The third-order valence-corrected chi connectivity index (χ3v) is 3.59. The van der Waals surface area contributed by atoms with Gasteiger partial charge in [-0.2, -0.15) is 0 Å². The van der Waals surface area contributed by atoms with E-state index in [1.54, 1.807) is 0 Å². The van der Waals surface area contributed by atoms with Crippen LogP contribution in [0.5, 0.6) is 0 Å². The van der Waals surface area contributed by atoms with Gasteiger partial charge in [0.25, 0.3) is 0 Å². The molecule has 0 aromatic carbocycles. The van der Waals surface area contributed by atoms with Gasteiger partial charge in [-0.25, -0.2) is 0 Å². The summed E-state index contributed by atoms with van der Waals surface area (Å²) in [5.74, 6) is 0. The molecule has 88 valence electrons. The topological polar surface area (TPSA) is 38.5 Å². The zero-order chi connectivity index (χ0) is 10.7. The molecule has 2 aliphatic rings. The van der Waals surface area contributed by atoms with Gasteiger partial charge in [-0.05, 0) is 32.2 Å². The van der Waals surface area contributed by atoms with E-state index in [1.165, 1.54) is 19.3 Å². The van der Waals surface area contributed by atoms with E-state index >= 15 is 0 Å². The molecule has 0 radical (unpaired) electrons. The highest BCUT2D eigenvalue weighted by atomic mass is 16.5. The molecular weight excluding hydrogens is 188 g/mol. The fraction of sp³-hybridized carbons (Fsp3) is 1.00. The number of hydrogen-bond acceptors (Lipinski definition) is 3. The number of nitrogens with two attached hydrogens (primary N) is 1. The molecule has 3 unspecified atom stereocenters. The third kappa shape index (κ3) is 3.16. The summed E-state index contributed by atoms with van der Waals surface area (Å²) >= 11 is 0. The summed E-state index contributed by atoms with van der Waals surface area (Å²) < 4.78 is 5.81. The van der Waals surface area contributed by atoms with Crippen LogP contribution in [0.25, 0.3) is 0 Å². The van der Waals surface area contributed by atoms with Crippen LogP contribution in [0.2, 0.25) is 0 Å². The maximum absolute atomic E-state index is 6.03. The normalized spacial score (nSPS) is 33.2. The Balaban J connectivity index is 1.67. The van der Waals surface area contributed by atoms with Crippen LogP contribution < -0.4 is 5.73 Å². The molecule has 2 aliphatic heterocycles. The van der Waals surface area contributed by atoms with Crippen LogP contribution in [0, 0.1) is 0 Å². The van der Waals surface area contributed by atoms with Crippen LogP contribution in [0.4, 0.5) is 0 Å². The second-order valence-electron chi connectivity index (χ2n) is 5.05. The number of fused-ring (bicyclic) bond motifs is 2. The molecular formula is C12H24N2O. The van der Waals surface area contributed by atoms with E-state index in [1.807, 2.05) is 0 Å². The minimum atomic E-state index is 0.399. The smallest absolute Gasteiger partial charge is 0.0707 e. The van der Waals surface area contributed by atoms with E-state index in [-0.39, 0.29) is 0 Å². The van der Waals surface area contributed by atoms with Gasteiger partial charge in [0.15, 0.2) is 0 Å². The molecule has 3 nitrogen and oxygen atoms in total. The molecule has 2 N–H and O–H groups in total. The number of nitrogens with zero attached hydrogens (tertiary/aromatic N) is 1. The fourth-order valence-electron chi connectivity index (χ4n) is 2.75. The molecule has 2 saturated heterocycles. The van der Waals surface area contributed by atoms with Gasteiger partial charge in [0.2, 0.25) is 0 Å². The molecule has 2 bridgehead atoms. The van der Waals surface area contributed by atoms with Crippen LogP contribution in [0.3, 0.4) is 0 Å². The largest absolute Gasteiger partial charge is 0.372 e. The van der Waals surface area contributed by atoms with E-state index in [9.17, 15) is 0 Å². The van der Waals surface area contributed by atoms with Crippen molar-refractivity contribution in [2.45, 2.75) is 57.3 Å². The molecule has 3 atom stereocenters. The lowest BCUT2D eigenvalue weighted by Gasteiger charge is -2.32. The van der Waals surface area contributed by atoms with Crippen LogP contribution in [0.15, 0.2) is 0 Å². The summed E-state index contributed by atoms with van der Waals surface area (Å²) in [7, 11) is 0. The maximum atomic E-state index is 6.03. The Kier molecular flexibility index (Phi) is 4.00. The second kappa shape index (κ2) is 5.28. The molecule has 0 aliphatic carbocycles. The molecule has 2 heterocycles. The molecule has 15 heavy (non-hydrogen) atoms. The minimum Gasteiger partial charge on any atom is -0.372 e. The van der Waals surface area contributed by atoms with Crippen molar-refractivity contribution in [2.75, 3.05) is 19.6 Å². The minimum absolute atomic E-state index is 0.399. The van der Waals surface area contributed by atoms with Gasteiger partial charge in [-0.15, -0.1) is 0 Å². The molecule has 0 spiro atoms. The van der Waals surface area contributed by atoms with Crippen molar-refractivity contribution < 1.29 is 4.74 Å². The van der Waals surface area contributed by atoms with Crippen molar-refractivity contribution in [3.05, 3.63) is 0 Å². The maximum Gasteiger partial charge on any atom is 0.0707 e. The molecule has 0 aromatic rings. The lowest BCUT2D eigenvalue weighted by Crippen LogP contribution is -2.44. The van der Waals surface area contributed by atoms with Gasteiger partial charge < -0.3 is 10.5 Å². The predicted molar refractivity (Wildman–Crippen MR) is 61.8 cm³/mol. The Bertz CT molecular complexity index is 186. The lowest BCUT2D eigenvalue weighted by molar-refractivity contribution is -0.0388. The first kappa shape index (κ1) is 11.4. The van der Waals surface area contributed by atoms with Gasteiger partial charge in [0.1, 0.15) is 0 Å². The summed E-state index contributed by atoms with van der Waals surface area (Å²) in [5.41, 5.74) is 6.03. The zero-order valence-corrected chi connectivity index (χ0v) is 9.82. The Morgan fingerprint density at radius 3 is 2.53 bits per heavy atom. The average molecular weight is 212 g/mol. The van der Waals surface area contributed by atoms with Gasteiger partial charge in [0.05, 0.1) is 12.2 Å². The highest BCUT2D eigenvalue weighted by Crippen LogP contribution is 2.26. The Morgan fingerprint density at radius 1 is 1.27 bits per heavy atom. The number of hydrogen-bond donors (Lipinski definition) is 1. The fourth-order valence-corrected chi connectivity index (χ4v) is 2.75. The third-order valence-electron chi connectivity index (χ3n) is 3.59. The van der Waals surface area contributed by atoms with Crippen LogP contribution >= 0.6 is 0 Å². The quantitative estimate of drug-likeness (QED) is 0.748. The van der Waals surface area contributed by atoms with E-state index in [0.717, 1.165) is 32.5 Å². The molecule has 2 fully saturated rings. The second-order valence-corrected chi connectivity index (χ2v) is 5.05. The monoisotopic (exact) mass is 212 g/mol. The first-order valence-corrected chi connectivity index (χ1v) is 6.41. The zero-order valence-electron chi connectivity index (χ0n) is 9.82. The van der Waals surface area contributed by atoms with E-state index < -0.39 is 0 Å². The van der Waals surface area contributed by atoms with E-state index in [2.05, 4.69) is 11.8 Å². The van der Waals surface area contributed by atoms with Crippen molar-refractivity contribution >= 4 is 0 Å². The van der Waals surface area contributed by atoms with Crippen molar-refractivity contribution in [1.82, 2.24) is 4.90 Å². The highest BCUT2D eigenvalue weighted by molar-refractivity contribution is 4.85. The van der Waals surface area contributed by atoms with Crippen molar-refractivity contribution in [2.24, 2.45) is 5.73 Å². The molecule has 0 amide bonds. The Labute approximate surface area is 93.0 Å². The number of likely N-dealkylation sites (tertiary alicyclic amines) is 1. The summed E-state index contributed by atoms with van der Waals surface area (Å²) in [4.78, 5) is 2.54. The Hall–Kier alpha value is -0.120. The SMILES string of the molecule is CCCC(N)CCN1CC2CCC(C1)O2. The summed E-state index contributed by atoms with van der Waals surface area (Å²) in [6.45, 7) is 5.64. The van der Waals surface area contributed by atoms with Crippen LogP contribution in [-0.4, -0.2) is 42.8 Å². The standard InChI is InChI=1S/C12H24N2O/c1-2-3-10(13)6-7-14-8-11-4-5-12(9-14)15-11/h10-12H,2-9,13H2,1H3.